The van der Waals surface area contributed by atoms with Crippen LogP contribution in [0.15, 0.2) is 29.2 Å². The maximum Gasteiger partial charge on any atom is 0.324 e. The molecule has 8 heteroatoms. The molecule has 0 aromatic heterocycles. The number of nitrogens with one attached hydrogen (secondary N) is 1. The second kappa shape index (κ2) is 8.73. The van der Waals surface area contributed by atoms with Crippen molar-refractivity contribution in [3.8, 4) is 5.75 Å². The molecule has 1 aromatic carbocycles. The van der Waals surface area contributed by atoms with Gasteiger partial charge in [-0.15, -0.1) is 0 Å². The van der Waals surface area contributed by atoms with E-state index >= 15 is 0 Å². The minimum atomic E-state index is -3.83. The zero-order valence-electron chi connectivity index (χ0n) is 14.7. The van der Waals surface area contributed by atoms with Gasteiger partial charge in [0, 0.05) is 0 Å². The lowest BCUT2D eigenvalue weighted by Gasteiger charge is -2.24. The summed E-state index contributed by atoms with van der Waals surface area (Å²) in [5, 5.41) is 0. The van der Waals surface area contributed by atoms with Gasteiger partial charge < -0.3 is 9.47 Å². The summed E-state index contributed by atoms with van der Waals surface area (Å²) in [5.41, 5.74) is -0.680. The highest BCUT2D eigenvalue weighted by Crippen LogP contribution is 2.17. The van der Waals surface area contributed by atoms with E-state index in [1.807, 2.05) is 6.26 Å². The summed E-state index contributed by atoms with van der Waals surface area (Å²) in [7, 11) is -2.33. The van der Waals surface area contributed by atoms with Gasteiger partial charge in [0.05, 0.1) is 12.0 Å². The monoisotopic (exact) mass is 375 g/mol. The molecule has 0 spiro atoms. The smallest absolute Gasteiger partial charge is 0.324 e. The molecule has 1 rings (SSSR count). The Morgan fingerprint density at radius 1 is 1.25 bits per heavy atom. The van der Waals surface area contributed by atoms with E-state index in [4.69, 9.17) is 9.47 Å². The van der Waals surface area contributed by atoms with Crippen molar-refractivity contribution >= 4 is 27.8 Å². The van der Waals surface area contributed by atoms with Crippen LogP contribution in [0, 0.1) is 0 Å². The summed E-state index contributed by atoms with van der Waals surface area (Å²) in [6.07, 6.45) is 2.25. The fourth-order valence-electron chi connectivity index (χ4n) is 1.84. The lowest BCUT2D eigenvalue weighted by Crippen LogP contribution is -2.44. The van der Waals surface area contributed by atoms with Crippen LogP contribution >= 0.6 is 11.8 Å². The molecule has 0 fully saturated rings. The SMILES string of the molecule is COc1ccc(S(=O)(=O)N[C@H](CCSC)C(=O)OC(C)(C)C)cc1. The highest BCUT2D eigenvalue weighted by Gasteiger charge is 2.29. The van der Waals surface area contributed by atoms with Crippen molar-refractivity contribution in [1.82, 2.24) is 4.72 Å². The van der Waals surface area contributed by atoms with Gasteiger partial charge in [0.15, 0.2) is 0 Å². The largest absolute Gasteiger partial charge is 0.497 e. The average molecular weight is 376 g/mol. The summed E-state index contributed by atoms with van der Waals surface area (Å²) < 4.78 is 37.8. The number of carbonyl (C=O) groups is 1. The fourth-order valence-corrected chi connectivity index (χ4v) is 3.53. The van der Waals surface area contributed by atoms with Crippen molar-refractivity contribution < 1.29 is 22.7 Å². The Morgan fingerprint density at radius 2 is 1.83 bits per heavy atom. The lowest BCUT2D eigenvalue weighted by atomic mass is 10.2. The van der Waals surface area contributed by atoms with Crippen molar-refractivity contribution in [2.24, 2.45) is 0 Å². The topological polar surface area (TPSA) is 81.7 Å². The molecule has 0 aliphatic carbocycles. The number of thioether (sulfide) groups is 1. The zero-order valence-corrected chi connectivity index (χ0v) is 16.3. The van der Waals surface area contributed by atoms with E-state index in [2.05, 4.69) is 4.72 Å². The highest BCUT2D eigenvalue weighted by molar-refractivity contribution is 7.98. The first-order chi connectivity index (χ1) is 11.1. The fraction of sp³-hybridized carbons (Fsp3) is 0.562. The first-order valence-electron chi connectivity index (χ1n) is 7.47. The number of sulfonamides is 1. The van der Waals surface area contributed by atoms with Crippen LogP contribution in [0.25, 0.3) is 0 Å². The van der Waals surface area contributed by atoms with Crippen molar-refractivity contribution in [3.63, 3.8) is 0 Å². The summed E-state index contributed by atoms with van der Waals surface area (Å²) in [5.74, 6) is 0.614. The van der Waals surface area contributed by atoms with Crippen LogP contribution in [0.3, 0.4) is 0 Å². The Balaban J connectivity index is 2.95. The molecule has 0 heterocycles. The Bertz CT molecular complexity index is 635. The number of benzene rings is 1. The quantitative estimate of drug-likeness (QED) is 0.703. The van der Waals surface area contributed by atoms with Crippen molar-refractivity contribution in [2.45, 2.75) is 43.7 Å². The maximum absolute atomic E-state index is 12.5. The summed E-state index contributed by atoms with van der Waals surface area (Å²) >= 11 is 1.53. The number of rotatable bonds is 8. The van der Waals surface area contributed by atoms with Crippen LogP contribution in [-0.2, 0) is 19.6 Å². The highest BCUT2D eigenvalue weighted by atomic mass is 32.2. The predicted molar refractivity (Wildman–Crippen MR) is 95.9 cm³/mol. The van der Waals surface area contributed by atoms with E-state index in [1.54, 1.807) is 32.9 Å². The predicted octanol–water partition coefficient (Wildman–Crippen LogP) is 2.44. The van der Waals surface area contributed by atoms with Gasteiger partial charge in [-0.1, -0.05) is 0 Å². The third-order valence-electron chi connectivity index (χ3n) is 2.97. The molecular weight excluding hydrogens is 350 g/mol. The van der Waals surface area contributed by atoms with Crippen molar-refractivity contribution in [2.75, 3.05) is 19.1 Å². The van der Waals surface area contributed by atoms with E-state index in [0.29, 0.717) is 17.9 Å². The third-order valence-corrected chi connectivity index (χ3v) is 5.10. The van der Waals surface area contributed by atoms with Gasteiger partial charge in [-0.2, -0.15) is 16.5 Å². The molecule has 0 saturated heterocycles. The molecule has 1 aromatic rings. The average Bonchev–Trinajstić information content (AvgIpc) is 2.49. The third kappa shape index (κ3) is 6.70. The van der Waals surface area contributed by atoms with Gasteiger partial charge in [-0.05, 0) is 63.5 Å². The minimum Gasteiger partial charge on any atom is -0.497 e. The van der Waals surface area contributed by atoms with Crippen LogP contribution in [0.4, 0.5) is 0 Å². The van der Waals surface area contributed by atoms with Gasteiger partial charge in [0.1, 0.15) is 17.4 Å². The number of methoxy groups -OCH3 is 1. The Labute approximate surface area is 148 Å². The number of hydrogen-bond acceptors (Lipinski definition) is 6. The Morgan fingerprint density at radius 3 is 2.29 bits per heavy atom. The van der Waals surface area contributed by atoms with Gasteiger partial charge in [0.2, 0.25) is 10.0 Å². The van der Waals surface area contributed by atoms with Crippen LogP contribution in [0.2, 0.25) is 0 Å². The van der Waals surface area contributed by atoms with Crippen molar-refractivity contribution in [1.29, 1.82) is 0 Å². The van der Waals surface area contributed by atoms with Crippen LogP contribution < -0.4 is 9.46 Å². The van der Waals surface area contributed by atoms with Gasteiger partial charge in [-0.3, -0.25) is 4.79 Å². The zero-order chi connectivity index (χ0) is 18.4. The molecule has 1 N–H and O–H groups in total. The normalized spacial score (nSPS) is 13.4. The second-order valence-electron chi connectivity index (χ2n) is 6.16. The number of hydrogen-bond donors (Lipinski definition) is 1. The Hall–Kier alpha value is -1.25. The summed E-state index contributed by atoms with van der Waals surface area (Å²) in [4.78, 5) is 12.4. The second-order valence-corrected chi connectivity index (χ2v) is 8.86. The molecular formula is C16H25NO5S2. The molecule has 0 aliphatic heterocycles. The molecule has 0 amide bonds. The number of esters is 1. The van der Waals surface area contributed by atoms with E-state index in [0.717, 1.165) is 0 Å². The molecule has 0 radical (unpaired) electrons. The maximum atomic E-state index is 12.5. The van der Waals surface area contributed by atoms with Crippen LogP contribution in [0.1, 0.15) is 27.2 Å². The van der Waals surface area contributed by atoms with Gasteiger partial charge >= 0.3 is 5.97 Å². The van der Waals surface area contributed by atoms with E-state index < -0.39 is 27.6 Å². The first kappa shape index (κ1) is 20.8. The van der Waals surface area contributed by atoms with Gasteiger partial charge in [0.25, 0.3) is 0 Å². The standard InChI is InChI=1S/C16H25NO5S2/c1-16(2,3)22-15(18)14(10-11-23-5)17-24(19,20)13-8-6-12(21-4)7-9-13/h6-9,14,17H,10-11H2,1-5H3/t14-/m1/s1. The Kier molecular flexibility index (Phi) is 7.56. The number of carbonyl (C=O) groups excluding carboxylic acids is 1. The molecule has 0 aliphatic rings. The van der Waals surface area contributed by atoms with Gasteiger partial charge in [-0.25, -0.2) is 8.42 Å². The lowest BCUT2D eigenvalue weighted by molar-refractivity contribution is -0.156. The molecule has 1 atom stereocenters. The molecule has 0 unspecified atom stereocenters. The molecule has 0 saturated carbocycles. The number of ether oxygens (including phenoxy) is 2. The molecule has 6 nitrogen and oxygen atoms in total. The van der Waals surface area contributed by atoms with Crippen LogP contribution in [-0.4, -0.2) is 45.1 Å². The minimum absolute atomic E-state index is 0.0704. The van der Waals surface area contributed by atoms with E-state index in [-0.39, 0.29) is 4.90 Å². The van der Waals surface area contributed by atoms with Crippen LogP contribution in [0.5, 0.6) is 5.75 Å². The van der Waals surface area contributed by atoms with E-state index in [9.17, 15) is 13.2 Å². The molecule has 24 heavy (non-hydrogen) atoms. The molecule has 136 valence electrons. The summed E-state index contributed by atoms with van der Waals surface area (Å²) in [6.45, 7) is 5.23. The summed E-state index contributed by atoms with van der Waals surface area (Å²) in [6, 6.07) is 5.05. The van der Waals surface area contributed by atoms with Crippen molar-refractivity contribution in [3.05, 3.63) is 24.3 Å². The first-order valence-corrected chi connectivity index (χ1v) is 10.3. The molecule has 0 bridgehead atoms. The van der Waals surface area contributed by atoms with E-state index in [1.165, 1.54) is 31.0 Å².